The van der Waals surface area contributed by atoms with Gasteiger partial charge in [-0.1, -0.05) is 236 Å². The first kappa shape index (κ1) is 58.5. The number of unbranched alkanes of at least 4 members (excludes halogenated alkanes) is 31. The van der Waals surface area contributed by atoms with E-state index < -0.39 is 55.6 Å². The number of carbonyl (C=O) groups is 1. The van der Waals surface area contributed by atoms with E-state index in [4.69, 9.17) is 9.47 Å². The SMILES string of the molecule is CCCCCCCCCCCCCCCCCCCCCCCCCC(=O)N[C@@H](CO[C@H]1OC(CO)[C@H](O)[C@H](O)C1O)[C@H](O)[C@H](O)CCCCCCCCCCCCc1ccccc1. The second kappa shape index (κ2) is 40.4. The zero-order valence-corrected chi connectivity index (χ0v) is 40.8. The minimum absolute atomic E-state index is 0.256. The van der Waals surface area contributed by atoms with Crippen molar-refractivity contribution in [3.8, 4) is 0 Å². The van der Waals surface area contributed by atoms with Crippen LogP contribution in [0.1, 0.15) is 237 Å². The van der Waals surface area contributed by atoms with Crippen molar-refractivity contribution in [3.05, 3.63) is 35.9 Å². The third-order valence-corrected chi connectivity index (χ3v) is 13.5. The fraction of sp³-hybridized carbons (Fsp3) is 0.870. The van der Waals surface area contributed by atoms with Crippen molar-refractivity contribution < 1.29 is 44.9 Å². The van der Waals surface area contributed by atoms with Crippen LogP contribution < -0.4 is 5.32 Å². The first-order valence-corrected chi connectivity index (χ1v) is 26.9. The van der Waals surface area contributed by atoms with Crippen LogP contribution >= 0.6 is 0 Å². The Morgan fingerprint density at radius 3 is 1.45 bits per heavy atom. The number of aryl methyl sites for hydroxylation is 1. The van der Waals surface area contributed by atoms with E-state index in [1.807, 2.05) is 0 Å². The number of hydrogen-bond donors (Lipinski definition) is 7. The maximum atomic E-state index is 13.1. The van der Waals surface area contributed by atoms with Crippen molar-refractivity contribution in [1.82, 2.24) is 5.32 Å². The molecule has 7 N–H and O–H groups in total. The highest BCUT2D eigenvalue weighted by atomic mass is 16.7. The average Bonchev–Trinajstić information content (AvgIpc) is 3.30. The summed E-state index contributed by atoms with van der Waals surface area (Å²) >= 11 is 0. The Hall–Kier alpha value is -1.63. The van der Waals surface area contributed by atoms with Gasteiger partial charge in [-0.25, -0.2) is 0 Å². The Bertz CT molecular complexity index is 1170. The van der Waals surface area contributed by atoms with Crippen LogP contribution in [-0.4, -0.2) is 98.7 Å². The lowest BCUT2D eigenvalue weighted by Gasteiger charge is -2.40. The van der Waals surface area contributed by atoms with Gasteiger partial charge in [-0.05, 0) is 31.2 Å². The molecule has 0 spiro atoms. The van der Waals surface area contributed by atoms with E-state index in [1.165, 1.54) is 166 Å². The number of rotatable bonds is 44. The number of aliphatic hydroxyl groups excluding tert-OH is 6. The molecule has 1 aromatic rings. The fourth-order valence-electron chi connectivity index (χ4n) is 9.16. The van der Waals surface area contributed by atoms with Crippen LogP contribution in [0, 0.1) is 0 Å². The lowest BCUT2D eigenvalue weighted by molar-refractivity contribution is -0.303. The molecule has 64 heavy (non-hydrogen) atoms. The number of aliphatic hydroxyl groups is 6. The summed E-state index contributed by atoms with van der Waals surface area (Å²) in [5.41, 5.74) is 1.42. The molecule has 0 aromatic heterocycles. The molecule has 0 aliphatic carbocycles. The molecule has 1 amide bonds. The van der Waals surface area contributed by atoms with Crippen LogP contribution in [0.15, 0.2) is 30.3 Å². The average molecular weight is 906 g/mol. The van der Waals surface area contributed by atoms with Crippen molar-refractivity contribution in [2.24, 2.45) is 0 Å². The number of carbonyl (C=O) groups excluding carboxylic acids is 1. The highest BCUT2D eigenvalue weighted by Gasteiger charge is 2.44. The highest BCUT2D eigenvalue weighted by Crippen LogP contribution is 2.23. The normalized spacial score (nSPS) is 20.3. The van der Waals surface area contributed by atoms with Gasteiger partial charge in [0.05, 0.1) is 25.4 Å². The summed E-state index contributed by atoms with van der Waals surface area (Å²) in [5, 5.41) is 65.5. The van der Waals surface area contributed by atoms with Gasteiger partial charge < -0.3 is 45.4 Å². The standard InChI is InChI=1S/C54H99NO9/c1-2-3-4-5-6-7-8-9-10-11-12-13-14-15-16-17-18-19-20-25-28-31-37-42-49(58)55-46(44-63-54-53(62)52(61)51(60)48(43-56)64-54)50(59)47(57)41-36-30-27-24-22-21-23-26-29-33-38-45-39-34-32-35-40-45/h32,34-35,39-40,46-48,50-54,56-57,59-62H,2-31,33,36-38,41-44H2,1H3,(H,55,58)/t46-,47+,48?,50-,51-,52-,53?,54-/m0/s1. The van der Waals surface area contributed by atoms with E-state index in [1.54, 1.807) is 0 Å². The first-order chi connectivity index (χ1) is 31.3. The smallest absolute Gasteiger partial charge is 0.220 e. The van der Waals surface area contributed by atoms with E-state index in [0.29, 0.717) is 6.42 Å². The second-order valence-electron chi connectivity index (χ2n) is 19.4. The summed E-state index contributed by atoms with van der Waals surface area (Å²) in [5.74, 6) is -0.256. The fourth-order valence-corrected chi connectivity index (χ4v) is 9.16. The van der Waals surface area contributed by atoms with Gasteiger partial charge in [-0.3, -0.25) is 4.79 Å². The number of hydrogen-bond acceptors (Lipinski definition) is 9. The molecule has 1 heterocycles. The van der Waals surface area contributed by atoms with Crippen molar-refractivity contribution >= 4 is 5.91 Å². The predicted octanol–water partition coefficient (Wildman–Crippen LogP) is 10.9. The lowest BCUT2D eigenvalue weighted by atomic mass is 9.98. The van der Waals surface area contributed by atoms with Gasteiger partial charge in [0, 0.05) is 6.42 Å². The van der Waals surface area contributed by atoms with E-state index in [-0.39, 0.29) is 18.9 Å². The summed E-state index contributed by atoms with van der Waals surface area (Å²) in [7, 11) is 0. The monoisotopic (exact) mass is 906 g/mol. The molecule has 10 heteroatoms. The highest BCUT2D eigenvalue weighted by molar-refractivity contribution is 5.76. The maximum absolute atomic E-state index is 13.1. The topological polar surface area (TPSA) is 169 Å². The van der Waals surface area contributed by atoms with Gasteiger partial charge in [0.2, 0.25) is 5.91 Å². The third-order valence-electron chi connectivity index (χ3n) is 13.5. The van der Waals surface area contributed by atoms with Crippen molar-refractivity contribution in [1.29, 1.82) is 0 Å². The summed E-state index contributed by atoms with van der Waals surface area (Å²) < 4.78 is 11.2. The molecular formula is C54H99NO9. The first-order valence-electron chi connectivity index (χ1n) is 26.9. The zero-order chi connectivity index (χ0) is 46.3. The molecule has 1 aromatic carbocycles. The molecular weight excluding hydrogens is 807 g/mol. The van der Waals surface area contributed by atoms with Crippen molar-refractivity contribution in [2.75, 3.05) is 13.2 Å². The Labute approximate surface area is 391 Å². The lowest BCUT2D eigenvalue weighted by Crippen LogP contribution is -2.60. The zero-order valence-electron chi connectivity index (χ0n) is 40.8. The largest absolute Gasteiger partial charge is 0.394 e. The Morgan fingerprint density at radius 1 is 0.578 bits per heavy atom. The van der Waals surface area contributed by atoms with Crippen LogP contribution in [0.3, 0.4) is 0 Å². The predicted molar refractivity (Wildman–Crippen MR) is 261 cm³/mol. The molecule has 374 valence electrons. The van der Waals surface area contributed by atoms with E-state index in [0.717, 1.165) is 57.8 Å². The number of nitrogens with one attached hydrogen (secondary N) is 1. The minimum Gasteiger partial charge on any atom is -0.394 e. The molecule has 0 bridgehead atoms. The summed E-state index contributed by atoms with van der Waals surface area (Å²) in [6.45, 7) is 1.38. The molecule has 1 aliphatic heterocycles. The van der Waals surface area contributed by atoms with Gasteiger partial charge in [-0.2, -0.15) is 0 Å². The van der Waals surface area contributed by atoms with Crippen LogP contribution in [0.25, 0.3) is 0 Å². The molecule has 10 nitrogen and oxygen atoms in total. The number of ether oxygens (including phenoxy) is 2. The quantitative estimate of drug-likeness (QED) is 0.0315. The minimum atomic E-state index is -1.61. The van der Waals surface area contributed by atoms with E-state index >= 15 is 0 Å². The molecule has 2 rings (SSSR count). The van der Waals surface area contributed by atoms with Crippen molar-refractivity contribution in [3.63, 3.8) is 0 Å². The molecule has 2 unspecified atom stereocenters. The van der Waals surface area contributed by atoms with Gasteiger partial charge in [0.15, 0.2) is 6.29 Å². The summed E-state index contributed by atoms with van der Waals surface area (Å²) in [4.78, 5) is 13.1. The second-order valence-corrected chi connectivity index (χ2v) is 19.4. The Kier molecular flexibility index (Phi) is 37.0. The molecule has 1 aliphatic rings. The molecule has 1 fully saturated rings. The molecule has 8 atom stereocenters. The van der Waals surface area contributed by atoms with Crippen LogP contribution in [0.4, 0.5) is 0 Å². The van der Waals surface area contributed by atoms with Crippen LogP contribution in [0.5, 0.6) is 0 Å². The maximum Gasteiger partial charge on any atom is 0.220 e. The Morgan fingerprint density at radius 2 is 1.00 bits per heavy atom. The molecule has 0 saturated carbocycles. The van der Waals surface area contributed by atoms with Gasteiger partial charge >= 0.3 is 0 Å². The molecule has 1 saturated heterocycles. The van der Waals surface area contributed by atoms with Gasteiger partial charge in [0.25, 0.3) is 0 Å². The Balaban J connectivity index is 1.57. The van der Waals surface area contributed by atoms with Crippen LogP contribution in [0.2, 0.25) is 0 Å². The molecule has 0 radical (unpaired) electrons. The summed E-state index contributed by atoms with van der Waals surface area (Å²) in [6.07, 6.45) is 33.5. The van der Waals surface area contributed by atoms with Crippen LogP contribution in [-0.2, 0) is 20.7 Å². The van der Waals surface area contributed by atoms with Gasteiger partial charge in [-0.15, -0.1) is 0 Å². The van der Waals surface area contributed by atoms with E-state index in [2.05, 4.69) is 42.6 Å². The van der Waals surface area contributed by atoms with E-state index in [9.17, 15) is 35.4 Å². The summed E-state index contributed by atoms with van der Waals surface area (Å²) in [6, 6.07) is 9.67. The van der Waals surface area contributed by atoms with Gasteiger partial charge in [0.1, 0.15) is 30.5 Å². The number of benzene rings is 1. The number of amides is 1. The third kappa shape index (κ3) is 29.2. The van der Waals surface area contributed by atoms with Crippen molar-refractivity contribution in [2.45, 2.75) is 287 Å².